The number of benzene rings is 2. The third-order valence-electron chi connectivity index (χ3n) is 4.52. The van der Waals surface area contributed by atoms with Crippen molar-refractivity contribution < 1.29 is 21.6 Å². The molecule has 4 rings (SSSR count). The first-order chi connectivity index (χ1) is 14.1. The Morgan fingerprint density at radius 3 is 2.40 bits per heavy atom. The minimum absolute atomic E-state index is 0.0245. The van der Waals surface area contributed by atoms with Gasteiger partial charge in [0, 0.05) is 18.6 Å². The minimum Gasteiger partial charge on any atom is -0.274 e. The normalized spacial score (nSPS) is 12.5. The average molecular weight is 435 g/mol. The van der Waals surface area contributed by atoms with E-state index in [9.17, 15) is 21.6 Å². The largest absolute Gasteiger partial charge is 0.416 e. The first-order valence-corrected chi connectivity index (χ1v) is 10.3. The van der Waals surface area contributed by atoms with Gasteiger partial charge in [0.15, 0.2) is 0 Å². The Bertz CT molecular complexity index is 1310. The second-order valence-electron chi connectivity index (χ2n) is 6.59. The maximum Gasteiger partial charge on any atom is 0.416 e. The molecule has 30 heavy (non-hydrogen) atoms. The fourth-order valence-corrected chi connectivity index (χ4v) is 4.00. The molecule has 0 unspecified atom stereocenters. The van der Waals surface area contributed by atoms with Crippen molar-refractivity contribution in [2.24, 2.45) is 7.05 Å². The molecule has 7 nitrogen and oxygen atoms in total. The van der Waals surface area contributed by atoms with Gasteiger partial charge in [-0.15, -0.1) is 0 Å². The van der Waals surface area contributed by atoms with E-state index in [2.05, 4.69) is 14.9 Å². The standard InChI is InChI=1S/C19H16F3N5O2S/c1-26-12-15(10-23-26)30(28,29)24-11-17-16-4-2-3-5-18(16)27(25-17)14-8-6-13(7-9-14)19(20,21)22/h2-10,12,24H,11H2,1H3. The number of aromatic nitrogens is 4. The van der Waals surface area contributed by atoms with E-state index in [1.807, 2.05) is 0 Å². The maximum atomic E-state index is 12.8. The first-order valence-electron chi connectivity index (χ1n) is 8.78. The highest BCUT2D eigenvalue weighted by Gasteiger charge is 2.30. The van der Waals surface area contributed by atoms with Crippen LogP contribution in [0.1, 0.15) is 11.3 Å². The summed E-state index contributed by atoms with van der Waals surface area (Å²) in [6.45, 7) is -0.0919. The van der Waals surface area contributed by atoms with Crippen molar-refractivity contribution in [2.45, 2.75) is 17.6 Å². The lowest BCUT2D eigenvalue weighted by Crippen LogP contribution is -2.23. The van der Waals surface area contributed by atoms with E-state index in [-0.39, 0.29) is 11.4 Å². The number of aryl methyl sites for hydroxylation is 1. The number of nitrogens with one attached hydrogen (secondary N) is 1. The van der Waals surface area contributed by atoms with Gasteiger partial charge in [-0.1, -0.05) is 18.2 Å². The number of fused-ring (bicyclic) bond motifs is 1. The molecular weight excluding hydrogens is 419 g/mol. The van der Waals surface area contributed by atoms with E-state index in [0.29, 0.717) is 22.3 Å². The van der Waals surface area contributed by atoms with Crippen LogP contribution in [0.3, 0.4) is 0 Å². The summed E-state index contributed by atoms with van der Waals surface area (Å²) in [5.74, 6) is 0. The van der Waals surface area contributed by atoms with E-state index in [0.717, 1.165) is 12.1 Å². The van der Waals surface area contributed by atoms with Gasteiger partial charge in [0.1, 0.15) is 4.90 Å². The topological polar surface area (TPSA) is 81.8 Å². The number of para-hydroxylation sites is 1. The van der Waals surface area contributed by atoms with Crippen LogP contribution < -0.4 is 4.72 Å². The molecule has 1 N–H and O–H groups in total. The van der Waals surface area contributed by atoms with E-state index >= 15 is 0 Å². The van der Waals surface area contributed by atoms with Crippen LogP contribution in [0.15, 0.2) is 65.8 Å². The number of nitrogens with zero attached hydrogens (tertiary/aromatic N) is 4. The molecule has 0 radical (unpaired) electrons. The van der Waals surface area contributed by atoms with Crippen molar-refractivity contribution in [1.82, 2.24) is 24.3 Å². The Kier molecular flexibility index (Phi) is 4.86. The molecule has 2 aromatic carbocycles. The lowest BCUT2D eigenvalue weighted by molar-refractivity contribution is -0.137. The van der Waals surface area contributed by atoms with Gasteiger partial charge in [0.2, 0.25) is 10.0 Å². The predicted molar refractivity (Wildman–Crippen MR) is 103 cm³/mol. The van der Waals surface area contributed by atoms with Crippen LogP contribution in [0.2, 0.25) is 0 Å². The molecule has 2 heterocycles. The van der Waals surface area contributed by atoms with Crippen LogP contribution >= 0.6 is 0 Å². The molecular formula is C19H16F3N5O2S. The zero-order valence-corrected chi connectivity index (χ0v) is 16.4. The summed E-state index contributed by atoms with van der Waals surface area (Å²) in [4.78, 5) is 0.0245. The van der Waals surface area contributed by atoms with Gasteiger partial charge in [-0.05, 0) is 30.3 Å². The predicted octanol–water partition coefficient (Wildman–Crippen LogP) is 3.26. The smallest absolute Gasteiger partial charge is 0.274 e. The first kappa shape index (κ1) is 20.1. The fraction of sp³-hybridized carbons (Fsp3) is 0.158. The number of hydrogen-bond acceptors (Lipinski definition) is 4. The molecule has 0 saturated carbocycles. The van der Waals surface area contributed by atoms with Crippen LogP contribution in [0, 0.1) is 0 Å². The van der Waals surface area contributed by atoms with Crippen molar-refractivity contribution in [1.29, 1.82) is 0 Å². The molecule has 0 saturated heterocycles. The molecule has 0 aliphatic rings. The van der Waals surface area contributed by atoms with Crippen molar-refractivity contribution in [2.75, 3.05) is 0 Å². The zero-order valence-electron chi connectivity index (χ0n) is 15.6. The highest BCUT2D eigenvalue weighted by atomic mass is 32.2. The Morgan fingerprint density at radius 1 is 1.07 bits per heavy atom. The summed E-state index contributed by atoms with van der Waals surface area (Å²) in [5, 5.41) is 8.98. The quantitative estimate of drug-likeness (QED) is 0.522. The molecule has 4 aromatic rings. The SMILES string of the molecule is Cn1cc(S(=O)(=O)NCc2nn(-c3ccc(C(F)(F)F)cc3)c3ccccc23)cn1. The van der Waals surface area contributed by atoms with Crippen LogP contribution in [0.4, 0.5) is 13.2 Å². The number of rotatable bonds is 5. The summed E-state index contributed by atoms with van der Waals surface area (Å²) in [6.07, 6.45) is -1.82. The van der Waals surface area contributed by atoms with Crippen molar-refractivity contribution in [3.8, 4) is 5.69 Å². The minimum atomic E-state index is -4.43. The zero-order chi connectivity index (χ0) is 21.5. The van der Waals surface area contributed by atoms with Gasteiger partial charge in [0.05, 0.1) is 35.2 Å². The summed E-state index contributed by atoms with van der Waals surface area (Å²) in [6, 6.07) is 11.7. The highest BCUT2D eigenvalue weighted by Crippen LogP contribution is 2.30. The van der Waals surface area contributed by atoms with Crippen LogP contribution in [0.25, 0.3) is 16.6 Å². The second kappa shape index (κ2) is 7.26. The molecule has 0 aliphatic carbocycles. The van der Waals surface area contributed by atoms with Crippen LogP contribution in [0.5, 0.6) is 0 Å². The molecule has 0 aliphatic heterocycles. The third kappa shape index (κ3) is 3.81. The van der Waals surface area contributed by atoms with E-state index in [1.54, 1.807) is 31.3 Å². The van der Waals surface area contributed by atoms with E-state index < -0.39 is 21.8 Å². The van der Waals surface area contributed by atoms with Gasteiger partial charge >= 0.3 is 6.18 Å². The average Bonchev–Trinajstić information content (AvgIpc) is 3.30. The molecule has 2 aromatic heterocycles. The molecule has 11 heteroatoms. The summed E-state index contributed by atoms with van der Waals surface area (Å²) >= 11 is 0. The summed E-state index contributed by atoms with van der Waals surface area (Å²) < 4.78 is 68.8. The lowest BCUT2D eigenvalue weighted by atomic mass is 10.2. The molecule has 0 atom stereocenters. The molecule has 0 fully saturated rings. The monoisotopic (exact) mass is 435 g/mol. The third-order valence-corrected chi connectivity index (χ3v) is 5.88. The molecule has 0 spiro atoms. The number of alkyl halides is 3. The number of hydrogen-bond donors (Lipinski definition) is 1. The highest BCUT2D eigenvalue weighted by molar-refractivity contribution is 7.89. The summed E-state index contributed by atoms with van der Waals surface area (Å²) in [7, 11) is -2.18. The van der Waals surface area contributed by atoms with Gasteiger partial charge < -0.3 is 0 Å². The van der Waals surface area contributed by atoms with Gasteiger partial charge in [-0.3, -0.25) is 4.68 Å². The Hall–Kier alpha value is -3.18. The Labute approximate surface area is 169 Å². The van der Waals surface area contributed by atoms with Crippen molar-refractivity contribution >= 4 is 20.9 Å². The lowest BCUT2D eigenvalue weighted by Gasteiger charge is -2.08. The van der Waals surface area contributed by atoms with Gasteiger partial charge in [-0.25, -0.2) is 17.8 Å². The van der Waals surface area contributed by atoms with Crippen molar-refractivity contribution in [3.63, 3.8) is 0 Å². The maximum absolute atomic E-state index is 12.8. The van der Waals surface area contributed by atoms with Crippen LogP contribution in [-0.4, -0.2) is 28.0 Å². The number of halogens is 3. The molecule has 0 bridgehead atoms. The van der Waals surface area contributed by atoms with E-state index in [1.165, 1.54) is 33.9 Å². The van der Waals surface area contributed by atoms with Crippen molar-refractivity contribution in [3.05, 3.63) is 72.2 Å². The van der Waals surface area contributed by atoms with Gasteiger partial charge in [-0.2, -0.15) is 23.4 Å². The van der Waals surface area contributed by atoms with E-state index in [4.69, 9.17) is 0 Å². The van der Waals surface area contributed by atoms with Gasteiger partial charge in [0.25, 0.3) is 0 Å². The number of sulfonamides is 1. The second-order valence-corrected chi connectivity index (χ2v) is 8.36. The Morgan fingerprint density at radius 2 is 1.77 bits per heavy atom. The fourth-order valence-electron chi connectivity index (χ4n) is 3.03. The Balaban J connectivity index is 1.67. The van der Waals surface area contributed by atoms with Crippen LogP contribution in [-0.2, 0) is 29.8 Å². The summed E-state index contributed by atoms with van der Waals surface area (Å²) in [5.41, 5.74) is 0.763. The molecule has 0 amide bonds. The molecule has 156 valence electrons.